The van der Waals surface area contributed by atoms with Crippen LogP contribution in [0.15, 0.2) is 97.4 Å². The van der Waals surface area contributed by atoms with E-state index in [1.807, 2.05) is 0 Å². The van der Waals surface area contributed by atoms with Gasteiger partial charge >= 0.3 is 0 Å². The molecular formula is C31H43N3O2. The van der Waals surface area contributed by atoms with E-state index in [-0.39, 0.29) is 11.8 Å². The molecule has 0 saturated heterocycles. The molecule has 1 N–H and O–H groups in total. The van der Waals surface area contributed by atoms with Gasteiger partial charge in [0.25, 0.3) is 5.91 Å². The summed E-state index contributed by atoms with van der Waals surface area (Å²) < 4.78 is 0. The van der Waals surface area contributed by atoms with Gasteiger partial charge in [0, 0.05) is 39.0 Å². The smallest absolute Gasteiger partial charge is 0.252 e. The number of rotatable bonds is 18. The number of aromatic nitrogens is 1. The van der Waals surface area contributed by atoms with Gasteiger partial charge in [0.05, 0.1) is 5.56 Å². The topological polar surface area (TPSA) is 62.3 Å². The van der Waals surface area contributed by atoms with Crippen LogP contribution in [0.1, 0.15) is 68.6 Å². The van der Waals surface area contributed by atoms with Crippen molar-refractivity contribution < 1.29 is 9.59 Å². The zero-order chi connectivity index (χ0) is 26.1. The maximum Gasteiger partial charge on any atom is 0.252 e. The first-order valence-electron chi connectivity index (χ1n) is 13.0. The van der Waals surface area contributed by atoms with Gasteiger partial charge in [-0.05, 0) is 57.1 Å². The zero-order valence-electron chi connectivity index (χ0n) is 22.0. The second-order valence-electron chi connectivity index (χ2n) is 8.27. The fourth-order valence-electron chi connectivity index (χ4n) is 3.10. The van der Waals surface area contributed by atoms with E-state index in [0.717, 1.165) is 44.9 Å². The maximum atomic E-state index is 12.2. The minimum atomic E-state index is -0.179. The van der Waals surface area contributed by atoms with Crippen LogP contribution in [-0.2, 0) is 4.79 Å². The Hall–Kier alpha value is -3.47. The number of carbonyl (C=O) groups excluding carboxylic acids is 2. The van der Waals surface area contributed by atoms with Gasteiger partial charge in [-0.15, -0.1) is 0 Å². The molecule has 36 heavy (non-hydrogen) atoms. The van der Waals surface area contributed by atoms with Crippen LogP contribution in [0, 0.1) is 0 Å². The number of nitrogens with zero attached hydrogens (tertiary/aromatic N) is 2. The fraction of sp³-hybridized carbons (Fsp3) is 0.387. The highest BCUT2D eigenvalue weighted by atomic mass is 16.2. The van der Waals surface area contributed by atoms with E-state index in [1.54, 1.807) is 30.3 Å². The van der Waals surface area contributed by atoms with Crippen LogP contribution in [0.2, 0.25) is 0 Å². The number of pyridine rings is 1. The lowest BCUT2D eigenvalue weighted by Gasteiger charge is -2.17. The molecule has 1 aromatic rings. The first-order valence-corrected chi connectivity index (χ1v) is 13.0. The van der Waals surface area contributed by atoms with E-state index in [4.69, 9.17) is 0 Å². The quantitative estimate of drug-likeness (QED) is 0.232. The van der Waals surface area contributed by atoms with Crippen LogP contribution >= 0.6 is 0 Å². The van der Waals surface area contributed by atoms with Gasteiger partial charge in [-0.2, -0.15) is 0 Å². The lowest BCUT2D eigenvalue weighted by Crippen LogP contribution is -2.36. The molecule has 0 unspecified atom stereocenters. The Kier molecular flexibility index (Phi) is 18.7. The molecule has 0 aromatic carbocycles. The summed E-state index contributed by atoms with van der Waals surface area (Å²) in [6, 6.07) is 3.43. The summed E-state index contributed by atoms with van der Waals surface area (Å²) >= 11 is 0. The summed E-state index contributed by atoms with van der Waals surface area (Å²) in [5, 5.41) is 2.81. The Morgan fingerprint density at radius 3 is 1.86 bits per heavy atom. The summed E-state index contributed by atoms with van der Waals surface area (Å²) in [6.07, 6.45) is 36.3. The number of hydrogen-bond donors (Lipinski definition) is 1. The molecule has 0 radical (unpaired) electrons. The van der Waals surface area contributed by atoms with Crippen LogP contribution in [0.5, 0.6) is 0 Å². The molecule has 1 rings (SSSR count). The van der Waals surface area contributed by atoms with Gasteiger partial charge < -0.3 is 10.2 Å². The number of allylic oxidation sites excluding steroid dienone is 12. The van der Waals surface area contributed by atoms with Crippen molar-refractivity contribution in [1.29, 1.82) is 0 Å². The Balaban J connectivity index is 2.03. The second kappa shape index (κ2) is 22.0. The van der Waals surface area contributed by atoms with Crippen molar-refractivity contribution in [2.24, 2.45) is 0 Å². The average Bonchev–Trinajstić information content (AvgIpc) is 2.90. The van der Waals surface area contributed by atoms with E-state index in [1.165, 1.54) is 6.20 Å². The number of hydrogen-bond acceptors (Lipinski definition) is 3. The Labute approximate surface area is 218 Å². The second-order valence-corrected chi connectivity index (χ2v) is 8.27. The summed E-state index contributed by atoms with van der Waals surface area (Å²) in [7, 11) is 1.76. The lowest BCUT2D eigenvalue weighted by molar-refractivity contribution is -0.129. The summed E-state index contributed by atoms with van der Waals surface area (Å²) in [6.45, 7) is 3.04. The third-order valence-corrected chi connectivity index (χ3v) is 5.20. The van der Waals surface area contributed by atoms with Crippen molar-refractivity contribution in [1.82, 2.24) is 15.2 Å². The number of amides is 2. The third-order valence-electron chi connectivity index (χ3n) is 5.20. The number of likely N-dealkylation sites (N-methyl/N-ethyl adjacent to an activating group) is 1. The largest absolute Gasteiger partial charge is 0.350 e. The first-order chi connectivity index (χ1) is 17.6. The van der Waals surface area contributed by atoms with E-state index in [0.29, 0.717) is 25.1 Å². The fourth-order valence-corrected chi connectivity index (χ4v) is 3.10. The van der Waals surface area contributed by atoms with Crippen molar-refractivity contribution >= 4 is 11.8 Å². The van der Waals surface area contributed by atoms with E-state index >= 15 is 0 Å². The highest BCUT2D eigenvalue weighted by Gasteiger charge is 2.09. The minimum absolute atomic E-state index is 0.0742. The first kappa shape index (κ1) is 30.6. The molecule has 0 fully saturated rings. The molecule has 1 heterocycles. The lowest BCUT2D eigenvalue weighted by atomic mass is 10.2. The summed E-state index contributed by atoms with van der Waals surface area (Å²) in [5.74, 6) is -0.105. The highest BCUT2D eigenvalue weighted by molar-refractivity contribution is 5.93. The summed E-state index contributed by atoms with van der Waals surface area (Å²) in [5.41, 5.74) is 0.518. The van der Waals surface area contributed by atoms with Crippen LogP contribution < -0.4 is 5.32 Å². The molecule has 5 heteroatoms. The Bertz CT molecular complexity index is 896. The number of nitrogens with one attached hydrogen (secondary N) is 1. The SMILES string of the molecule is CCC=CCC=CCC=CCC=CCC=CCC=CCCC(=O)N(C)CCNC(=O)c1cccnc1. The van der Waals surface area contributed by atoms with Crippen molar-refractivity contribution in [2.45, 2.75) is 58.3 Å². The van der Waals surface area contributed by atoms with Crippen LogP contribution in [0.25, 0.3) is 0 Å². The molecule has 194 valence electrons. The zero-order valence-corrected chi connectivity index (χ0v) is 22.0. The van der Waals surface area contributed by atoms with Crippen molar-refractivity contribution in [3.63, 3.8) is 0 Å². The molecule has 2 amide bonds. The minimum Gasteiger partial charge on any atom is -0.350 e. The molecule has 0 bridgehead atoms. The normalized spacial score (nSPS) is 12.3. The van der Waals surface area contributed by atoms with Crippen LogP contribution in [-0.4, -0.2) is 41.8 Å². The monoisotopic (exact) mass is 489 g/mol. The number of carbonyl (C=O) groups is 2. The van der Waals surface area contributed by atoms with E-state index in [9.17, 15) is 9.59 Å². The van der Waals surface area contributed by atoms with Crippen molar-refractivity contribution in [3.8, 4) is 0 Å². The van der Waals surface area contributed by atoms with E-state index in [2.05, 4.69) is 90.1 Å². The predicted molar refractivity (Wildman–Crippen MR) is 152 cm³/mol. The molecule has 5 nitrogen and oxygen atoms in total. The van der Waals surface area contributed by atoms with Gasteiger partial charge in [-0.25, -0.2) is 0 Å². The molecule has 0 saturated carbocycles. The highest BCUT2D eigenvalue weighted by Crippen LogP contribution is 2.00. The molecular weight excluding hydrogens is 446 g/mol. The van der Waals surface area contributed by atoms with E-state index < -0.39 is 0 Å². The van der Waals surface area contributed by atoms with Gasteiger partial charge in [-0.3, -0.25) is 14.6 Å². The van der Waals surface area contributed by atoms with Gasteiger partial charge in [0.15, 0.2) is 0 Å². The van der Waals surface area contributed by atoms with Crippen molar-refractivity contribution in [2.75, 3.05) is 20.1 Å². The third kappa shape index (κ3) is 17.0. The molecule has 0 aliphatic carbocycles. The molecule has 0 aliphatic heterocycles. The molecule has 0 aliphatic rings. The Morgan fingerprint density at radius 1 is 0.833 bits per heavy atom. The molecule has 0 spiro atoms. The molecule has 0 atom stereocenters. The van der Waals surface area contributed by atoms with Crippen LogP contribution in [0.3, 0.4) is 0 Å². The maximum absolute atomic E-state index is 12.2. The standard InChI is InChI=1S/C31H43N3O2/c1-3-4-5-6-7-8-9-10-11-12-13-14-15-16-17-18-19-20-21-24-30(35)34(2)27-26-33-31(36)29-23-22-25-32-28-29/h4-5,7-8,10-11,13-14,16-17,19-20,22-23,25,28H,3,6,9,12,15,18,21,24,26-27H2,1-2H3,(H,33,36). The average molecular weight is 490 g/mol. The van der Waals surface area contributed by atoms with Gasteiger partial charge in [0.2, 0.25) is 5.91 Å². The van der Waals surface area contributed by atoms with Gasteiger partial charge in [0.1, 0.15) is 0 Å². The van der Waals surface area contributed by atoms with Crippen LogP contribution in [0.4, 0.5) is 0 Å². The molecule has 1 aromatic heterocycles. The summed E-state index contributed by atoms with van der Waals surface area (Å²) in [4.78, 5) is 29.8. The van der Waals surface area contributed by atoms with Crippen molar-refractivity contribution in [3.05, 3.63) is 103 Å². The van der Waals surface area contributed by atoms with Gasteiger partial charge in [-0.1, -0.05) is 79.8 Å². The predicted octanol–water partition coefficient (Wildman–Crippen LogP) is 6.75. The Morgan fingerprint density at radius 2 is 1.36 bits per heavy atom.